The SMILES string of the molecule is CC(C)n1ccc(CC(NN)c2ncn[nH]2)n1. The Balaban J connectivity index is 2.08. The molecule has 2 rings (SSSR count). The van der Waals surface area contributed by atoms with E-state index in [2.05, 4.69) is 39.6 Å². The number of nitrogens with zero attached hydrogens (tertiary/aromatic N) is 4. The van der Waals surface area contributed by atoms with Crippen LogP contribution in [0.5, 0.6) is 0 Å². The number of H-pyrrole nitrogens is 1. The summed E-state index contributed by atoms with van der Waals surface area (Å²) in [6, 6.07) is 2.24. The zero-order chi connectivity index (χ0) is 12.3. The van der Waals surface area contributed by atoms with E-state index in [0.717, 1.165) is 5.69 Å². The third kappa shape index (κ3) is 2.69. The van der Waals surface area contributed by atoms with Gasteiger partial charge in [-0.3, -0.25) is 15.6 Å². The van der Waals surface area contributed by atoms with Crippen molar-refractivity contribution in [3.05, 3.63) is 30.1 Å². The first kappa shape index (κ1) is 11.7. The number of nitrogens with one attached hydrogen (secondary N) is 2. The van der Waals surface area contributed by atoms with E-state index >= 15 is 0 Å². The molecule has 2 aromatic heterocycles. The second kappa shape index (κ2) is 5.07. The van der Waals surface area contributed by atoms with Crippen molar-refractivity contribution in [2.75, 3.05) is 0 Å². The Bertz CT molecular complexity index is 445. The second-order valence-corrected chi connectivity index (χ2v) is 4.17. The summed E-state index contributed by atoms with van der Waals surface area (Å²) in [4.78, 5) is 4.08. The number of aromatic nitrogens is 5. The minimum Gasteiger partial charge on any atom is -0.271 e. The standard InChI is InChI=1S/C10H17N7/c1-7(2)17-4-3-8(16-17)5-9(14-11)10-12-6-13-15-10/h3-4,6-7,9,14H,5,11H2,1-2H3,(H,12,13,15). The zero-order valence-electron chi connectivity index (χ0n) is 9.96. The maximum Gasteiger partial charge on any atom is 0.143 e. The zero-order valence-corrected chi connectivity index (χ0v) is 9.96. The summed E-state index contributed by atoms with van der Waals surface area (Å²) in [5.41, 5.74) is 3.68. The van der Waals surface area contributed by atoms with Crippen LogP contribution in [0.3, 0.4) is 0 Å². The molecule has 1 unspecified atom stereocenters. The number of nitrogens with two attached hydrogens (primary N) is 1. The molecule has 0 aliphatic carbocycles. The minimum atomic E-state index is -0.104. The van der Waals surface area contributed by atoms with Gasteiger partial charge < -0.3 is 0 Å². The van der Waals surface area contributed by atoms with Gasteiger partial charge in [0.05, 0.1) is 11.7 Å². The fraction of sp³-hybridized carbons (Fsp3) is 0.500. The van der Waals surface area contributed by atoms with Crippen LogP contribution in [0, 0.1) is 0 Å². The molecular formula is C10H17N7. The first-order valence-electron chi connectivity index (χ1n) is 5.56. The molecular weight excluding hydrogens is 218 g/mol. The van der Waals surface area contributed by atoms with Gasteiger partial charge in [0.25, 0.3) is 0 Å². The quantitative estimate of drug-likeness (QED) is 0.512. The molecule has 0 spiro atoms. The summed E-state index contributed by atoms with van der Waals surface area (Å²) >= 11 is 0. The van der Waals surface area contributed by atoms with Crippen molar-refractivity contribution >= 4 is 0 Å². The highest BCUT2D eigenvalue weighted by atomic mass is 15.3. The van der Waals surface area contributed by atoms with Crippen molar-refractivity contribution in [2.24, 2.45) is 5.84 Å². The first-order valence-corrected chi connectivity index (χ1v) is 5.56. The van der Waals surface area contributed by atoms with Gasteiger partial charge in [0.15, 0.2) is 0 Å². The van der Waals surface area contributed by atoms with Crippen molar-refractivity contribution in [3.8, 4) is 0 Å². The van der Waals surface area contributed by atoms with Gasteiger partial charge in [0, 0.05) is 18.7 Å². The summed E-state index contributed by atoms with van der Waals surface area (Å²) in [7, 11) is 0. The van der Waals surface area contributed by atoms with Gasteiger partial charge >= 0.3 is 0 Å². The Labute approximate surface area is 99.4 Å². The Kier molecular flexibility index (Phi) is 3.50. The molecule has 92 valence electrons. The highest BCUT2D eigenvalue weighted by Crippen LogP contribution is 2.13. The van der Waals surface area contributed by atoms with Crippen molar-refractivity contribution in [3.63, 3.8) is 0 Å². The van der Waals surface area contributed by atoms with Crippen molar-refractivity contribution in [1.82, 2.24) is 30.4 Å². The maximum absolute atomic E-state index is 5.51. The Morgan fingerprint density at radius 1 is 1.53 bits per heavy atom. The van der Waals surface area contributed by atoms with Gasteiger partial charge in [-0.2, -0.15) is 10.2 Å². The van der Waals surface area contributed by atoms with Gasteiger partial charge in [-0.1, -0.05) is 0 Å². The van der Waals surface area contributed by atoms with E-state index in [9.17, 15) is 0 Å². The lowest BCUT2D eigenvalue weighted by atomic mass is 10.1. The van der Waals surface area contributed by atoms with Crippen molar-refractivity contribution in [1.29, 1.82) is 0 Å². The molecule has 0 saturated heterocycles. The summed E-state index contributed by atoms with van der Waals surface area (Å²) in [6.45, 7) is 4.18. The number of aromatic amines is 1. The van der Waals surface area contributed by atoms with E-state index in [0.29, 0.717) is 18.3 Å². The minimum absolute atomic E-state index is 0.104. The van der Waals surface area contributed by atoms with E-state index in [1.807, 2.05) is 16.9 Å². The smallest absolute Gasteiger partial charge is 0.143 e. The number of rotatable bonds is 5. The van der Waals surface area contributed by atoms with E-state index in [-0.39, 0.29) is 6.04 Å². The normalized spacial score (nSPS) is 13.2. The van der Waals surface area contributed by atoms with Crippen LogP contribution in [0.25, 0.3) is 0 Å². The molecule has 0 aliphatic rings. The molecule has 7 nitrogen and oxygen atoms in total. The van der Waals surface area contributed by atoms with Crippen LogP contribution in [-0.4, -0.2) is 25.0 Å². The predicted octanol–water partition coefficient (Wildman–Crippen LogP) is 0.329. The van der Waals surface area contributed by atoms with Crippen molar-refractivity contribution < 1.29 is 0 Å². The van der Waals surface area contributed by atoms with Crippen LogP contribution in [0.2, 0.25) is 0 Å². The van der Waals surface area contributed by atoms with Crippen LogP contribution >= 0.6 is 0 Å². The Morgan fingerprint density at radius 3 is 2.88 bits per heavy atom. The van der Waals surface area contributed by atoms with Crippen LogP contribution in [-0.2, 0) is 6.42 Å². The lowest BCUT2D eigenvalue weighted by Crippen LogP contribution is -2.30. The second-order valence-electron chi connectivity index (χ2n) is 4.17. The number of hydrazine groups is 1. The van der Waals surface area contributed by atoms with Gasteiger partial charge in [-0.15, -0.1) is 0 Å². The molecule has 1 atom stereocenters. The molecule has 17 heavy (non-hydrogen) atoms. The van der Waals surface area contributed by atoms with Gasteiger partial charge in [-0.25, -0.2) is 10.4 Å². The summed E-state index contributed by atoms with van der Waals surface area (Å²) < 4.78 is 1.92. The molecule has 2 aromatic rings. The molecule has 0 bridgehead atoms. The van der Waals surface area contributed by atoms with Crippen molar-refractivity contribution in [2.45, 2.75) is 32.4 Å². The number of hydrogen-bond acceptors (Lipinski definition) is 5. The maximum atomic E-state index is 5.51. The van der Waals surface area contributed by atoms with Gasteiger partial charge in [-0.05, 0) is 19.9 Å². The molecule has 0 aliphatic heterocycles. The van der Waals surface area contributed by atoms with Crippen LogP contribution in [0.15, 0.2) is 18.6 Å². The van der Waals surface area contributed by atoms with Crippen LogP contribution in [0.4, 0.5) is 0 Å². The molecule has 0 radical (unpaired) electrons. The molecule has 0 aromatic carbocycles. The fourth-order valence-corrected chi connectivity index (χ4v) is 1.60. The third-order valence-electron chi connectivity index (χ3n) is 2.57. The van der Waals surface area contributed by atoms with Gasteiger partial charge in [0.1, 0.15) is 12.2 Å². The summed E-state index contributed by atoms with van der Waals surface area (Å²) in [5, 5.41) is 11.1. The Morgan fingerprint density at radius 2 is 2.35 bits per heavy atom. The molecule has 4 N–H and O–H groups in total. The average Bonchev–Trinajstić information content (AvgIpc) is 2.96. The lowest BCUT2D eigenvalue weighted by Gasteiger charge is -2.11. The fourth-order valence-electron chi connectivity index (χ4n) is 1.60. The highest BCUT2D eigenvalue weighted by Gasteiger charge is 2.15. The van der Waals surface area contributed by atoms with E-state index in [1.54, 1.807) is 0 Å². The van der Waals surface area contributed by atoms with E-state index in [1.165, 1.54) is 6.33 Å². The summed E-state index contributed by atoms with van der Waals surface area (Å²) in [5.74, 6) is 6.22. The Hall–Kier alpha value is -1.73. The van der Waals surface area contributed by atoms with Gasteiger partial charge in [0.2, 0.25) is 0 Å². The molecule has 2 heterocycles. The van der Waals surface area contributed by atoms with Crippen LogP contribution < -0.4 is 11.3 Å². The highest BCUT2D eigenvalue weighted by molar-refractivity contribution is 5.05. The molecule has 0 saturated carbocycles. The number of hydrogen-bond donors (Lipinski definition) is 3. The van der Waals surface area contributed by atoms with E-state index < -0.39 is 0 Å². The largest absolute Gasteiger partial charge is 0.271 e. The molecule has 7 heteroatoms. The topological polar surface area (TPSA) is 97.4 Å². The predicted molar refractivity (Wildman–Crippen MR) is 62.8 cm³/mol. The van der Waals surface area contributed by atoms with E-state index in [4.69, 9.17) is 5.84 Å². The molecule has 0 fully saturated rings. The monoisotopic (exact) mass is 235 g/mol. The lowest BCUT2D eigenvalue weighted by molar-refractivity contribution is 0.495. The summed E-state index contributed by atoms with van der Waals surface area (Å²) in [6.07, 6.45) is 4.10. The molecule has 0 amide bonds. The average molecular weight is 235 g/mol. The van der Waals surface area contributed by atoms with Crippen LogP contribution in [0.1, 0.15) is 37.4 Å². The first-order chi connectivity index (χ1) is 8.20. The third-order valence-corrected chi connectivity index (χ3v) is 2.57.